The maximum absolute atomic E-state index is 12.6. The Morgan fingerprint density at radius 1 is 1.07 bits per heavy atom. The molecule has 29 heavy (non-hydrogen) atoms. The van der Waals surface area contributed by atoms with Gasteiger partial charge in [0.2, 0.25) is 5.91 Å². The van der Waals surface area contributed by atoms with Crippen LogP contribution in [0.5, 0.6) is 0 Å². The van der Waals surface area contributed by atoms with E-state index in [1.807, 2.05) is 29.2 Å². The monoisotopic (exact) mass is 396 g/mol. The topological polar surface area (TPSA) is 84.9 Å². The van der Waals surface area contributed by atoms with Gasteiger partial charge in [0.25, 0.3) is 0 Å². The lowest BCUT2D eigenvalue weighted by atomic mass is 9.94. The average molecular weight is 396 g/mol. The van der Waals surface area contributed by atoms with Gasteiger partial charge in [-0.25, -0.2) is 4.79 Å². The summed E-state index contributed by atoms with van der Waals surface area (Å²) in [7, 11) is 1.35. The van der Waals surface area contributed by atoms with Gasteiger partial charge in [-0.3, -0.25) is 14.5 Å². The molecule has 0 bridgehead atoms. The number of fused-ring (bicyclic) bond motifs is 1. The second kappa shape index (κ2) is 9.34. The first-order valence-electron chi connectivity index (χ1n) is 9.47. The molecule has 1 aliphatic rings. The van der Waals surface area contributed by atoms with Crippen LogP contribution in [0.25, 0.3) is 0 Å². The molecular weight excluding hydrogens is 372 g/mol. The molecule has 1 amide bonds. The molecule has 0 spiro atoms. The Hall–Kier alpha value is -3.19. The molecule has 2 aromatic carbocycles. The van der Waals surface area contributed by atoms with Crippen molar-refractivity contribution in [3.05, 3.63) is 65.2 Å². The van der Waals surface area contributed by atoms with Gasteiger partial charge in [0, 0.05) is 12.2 Å². The summed E-state index contributed by atoms with van der Waals surface area (Å²) in [5.74, 6) is -1.01. The van der Waals surface area contributed by atoms with Gasteiger partial charge >= 0.3 is 11.9 Å². The van der Waals surface area contributed by atoms with Gasteiger partial charge in [-0.05, 0) is 48.7 Å². The van der Waals surface area contributed by atoms with Crippen LogP contribution in [0.3, 0.4) is 0 Å². The SMILES string of the molecule is CCOC(=O)c1ccc(NC(=O)CN2Cc3ccccc3C[C@@H]2C(=O)OC)cc1. The van der Waals surface area contributed by atoms with Gasteiger partial charge < -0.3 is 14.8 Å². The molecule has 2 aromatic rings. The Labute approximate surface area is 169 Å². The van der Waals surface area contributed by atoms with Gasteiger partial charge in [0.1, 0.15) is 6.04 Å². The molecule has 1 atom stereocenters. The largest absolute Gasteiger partial charge is 0.468 e. The van der Waals surface area contributed by atoms with Crippen LogP contribution in [-0.2, 0) is 32.0 Å². The Balaban J connectivity index is 1.67. The van der Waals surface area contributed by atoms with Crippen molar-refractivity contribution in [3.8, 4) is 0 Å². The van der Waals surface area contributed by atoms with Crippen molar-refractivity contribution >= 4 is 23.5 Å². The zero-order chi connectivity index (χ0) is 20.8. The van der Waals surface area contributed by atoms with Crippen molar-refractivity contribution in [2.24, 2.45) is 0 Å². The second-order valence-corrected chi connectivity index (χ2v) is 6.76. The minimum atomic E-state index is -0.508. The van der Waals surface area contributed by atoms with E-state index in [1.165, 1.54) is 7.11 Å². The second-order valence-electron chi connectivity index (χ2n) is 6.76. The van der Waals surface area contributed by atoms with E-state index in [0.717, 1.165) is 11.1 Å². The third-order valence-electron chi connectivity index (χ3n) is 4.85. The minimum absolute atomic E-state index is 0.0493. The normalized spacial score (nSPS) is 15.9. The highest BCUT2D eigenvalue weighted by atomic mass is 16.5. The number of ether oxygens (including phenoxy) is 2. The Morgan fingerprint density at radius 2 is 1.76 bits per heavy atom. The van der Waals surface area contributed by atoms with Gasteiger partial charge in [0.15, 0.2) is 0 Å². The number of benzene rings is 2. The lowest BCUT2D eigenvalue weighted by Crippen LogP contribution is -2.49. The van der Waals surface area contributed by atoms with Gasteiger partial charge in [-0.15, -0.1) is 0 Å². The van der Waals surface area contributed by atoms with E-state index >= 15 is 0 Å². The van der Waals surface area contributed by atoms with E-state index in [4.69, 9.17) is 9.47 Å². The molecule has 3 rings (SSSR count). The Bertz CT molecular complexity index is 894. The van der Waals surface area contributed by atoms with Crippen LogP contribution in [0.2, 0.25) is 0 Å². The number of nitrogens with one attached hydrogen (secondary N) is 1. The molecule has 0 saturated heterocycles. The number of carbonyl (C=O) groups is 3. The summed E-state index contributed by atoms with van der Waals surface area (Å²) in [6, 6.07) is 13.9. The van der Waals surface area contributed by atoms with E-state index in [9.17, 15) is 14.4 Å². The van der Waals surface area contributed by atoms with Crippen LogP contribution < -0.4 is 5.32 Å². The number of amides is 1. The fourth-order valence-electron chi connectivity index (χ4n) is 3.40. The molecular formula is C22H24N2O5. The van der Waals surface area contributed by atoms with E-state index in [2.05, 4.69) is 5.32 Å². The lowest BCUT2D eigenvalue weighted by Gasteiger charge is -2.34. The van der Waals surface area contributed by atoms with Crippen LogP contribution in [0.1, 0.15) is 28.4 Å². The number of anilines is 1. The first-order chi connectivity index (χ1) is 14.0. The zero-order valence-electron chi connectivity index (χ0n) is 16.5. The molecule has 0 aliphatic carbocycles. The van der Waals surface area contributed by atoms with Crippen LogP contribution in [0, 0.1) is 0 Å². The molecule has 0 aromatic heterocycles. The molecule has 0 saturated carbocycles. The van der Waals surface area contributed by atoms with Crippen molar-refractivity contribution in [3.63, 3.8) is 0 Å². The van der Waals surface area contributed by atoms with Crippen LogP contribution >= 0.6 is 0 Å². The maximum Gasteiger partial charge on any atom is 0.338 e. The van der Waals surface area contributed by atoms with E-state index in [1.54, 1.807) is 31.2 Å². The molecule has 1 heterocycles. The standard InChI is InChI=1S/C22H24N2O5/c1-3-29-21(26)15-8-10-18(11-9-15)23-20(25)14-24-13-17-7-5-4-6-16(17)12-19(24)22(27)28-2/h4-11,19H,3,12-14H2,1-2H3,(H,23,25)/t19-/m1/s1. The van der Waals surface area contributed by atoms with E-state index in [-0.39, 0.29) is 18.4 Å². The highest BCUT2D eigenvalue weighted by Gasteiger charge is 2.33. The van der Waals surface area contributed by atoms with Crippen molar-refractivity contribution in [2.75, 3.05) is 25.6 Å². The minimum Gasteiger partial charge on any atom is -0.468 e. The Morgan fingerprint density at radius 3 is 2.41 bits per heavy atom. The molecule has 0 unspecified atom stereocenters. The summed E-state index contributed by atoms with van der Waals surface area (Å²) >= 11 is 0. The number of rotatable bonds is 6. The number of nitrogens with zero attached hydrogens (tertiary/aromatic N) is 1. The van der Waals surface area contributed by atoms with E-state index in [0.29, 0.717) is 30.8 Å². The van der Waals surface area contributed by atoms with Crippen molar-refractivity contribution in [1.82, 2.24) is 4.90 Å². The number of carbonyl (C=O) groups excluding carboxylic acids is 3. The first kappa shape index (κ1) is 20.5. The third kappa shape index (κ3) is 5.00. The summed E-state index contributed by atoms with van der Waals surface area (Å²) < 4.78 is 9.88. The highest BCUT2D eigenvalue weighted by molar-refractivity contribution is 5.94. The summed E-state index contributed by atoms with van der Waals surface area (Å²) in [4.78, 5) is 38.3. The summed E-state index contributed by atoms with van der Waals surface area (Å²) in [6.45, 7) is 2.59. The van der Waals surface area contributed by atoms with Gasteiger partial charge in [-0.1, -0.05) is 24.3 Å². The summed E-state index contributed by atoms with van der Waals surface area (Å²) in [6.07, 6.45) is 0.504. The van der Waals surface area contributed by atoms with Crippen LogP contribution in [-0.4, -0.2) is 49.0 Å². The predicted octanol–water partition coefficient (Wildman–Crippen LogP) is 2.40. The molecule has 1 N–H and O–H groups in total. The van der Waals surface area contributed by atoms with Crippen molar-refractivity contribution in [2.45, 2.75) is 25.9 Å². The predicted molar refractivity (Wildman–Crippen MR) is 107 cm³/mol. The van der Waals surface area contributed by atoms with Gasteiger partial charge in [0.05, 0.1) is 25.8 Å². The highest BCUT2D eigenvalue weighted by Crippen LogP contribution is 2.24. The molecule has 1 aliphatic heterocycles. The van der Waals surface area contributed by atoms with Gasteiger partial charge in [-0.2, -0.15) is 0 Å². The molecule has 0 radical (unpaired) electrons. The van der Waals surface area contributed by atoms with Crippen molar-refractivity contribution < 1.29 is 23.9 Å². The summed E-state index contributed by atoms with van der Waals surface area (Å²) in [5, 5.41) is 2.80. The fraction of sp³-hybridized carbons (Fsp3) is 0.318. The molecule has 152 valence electrons. The molecule has 0 fully saturated rings. The third-order valence-corrected chi connectivity index (χ3v) is 4.85. The fourth-order valence-corrected chi connectivity index (χ4v) is 3.40. The smallest absolute Gasteiger partial charge is 0.338 e. The molecule has 7 nitrogen and oxygen atoms in total. The van der Waals surface area contributed by atoms with Crippen LogP contribution in [0.4, 0.5) is 5.69 Å². The quantitative estimate of drug-likeness (QED) is 0.755. The van der Waals surface area contributed by atoms with Crippen LogP contribution in [0.15, 0.2) is 48.5 Å². The number of hydrogen-bond acceptors (Lipinski definition) is 6. The first-order valence-corrected chi connectivity index (χ1v) is 9.47. The maximum atomic E-state index is 12.6. The Kier molecular flexibility index (Phi) is 6.61. The van der Waals surface area contributed by atoms with E-state index < -0.39 is 12.0 Å². The summed E-state index contributed by atoms with van der Waals surface area (Å²) in [5.41, 5.74) is 3.17. The number of hydrogen-bond donors (Lipinski definition) is 1. The van der Waals surface area contributed by atoms with Crippen molar-refractivity contribution in [1.29, 1.82) is 0 Å². The lowest BCUT2D eigenvalue weighted by molar-refractivity contribution is -0.148. The average Bonchev–Trinajstić information content (AvgIpc) is 2.73. The number of methoxy groups -OCH3 is 1. The zero-order valence-corrected chi connectivity index (χ0v) is 16.5. The number of esters is 2. The molecule has 7 heteroatoms.